The molecule has 33 heteroatoms. The maximum atomic E-state index is 12.4. The summed E-state index contributed by atoms with van der Waals surface area (Å²) in [6, 6.07) is 0. The van der Waals surface area contributed by atoms with Crippen molar-refractivity contribution in [2.75, 3.05) is 74.3 Å². The fourth-order valence-corrected chi connectivity index (χ4v) is 26.9. The summed E-state index contributed by atoms with van der Waals surface area (Å²) in [5.74, 6) is 7.15. The highest BCUT2D eigenvalue weighted by molar-refractivity contribution is 7.92. The van der Waals surface area contributed by atoms with Gasteiger partial charge in [-0.15, -0.1) is 0 Å². The molecule has 0 aromatic rings. The van der Waals surface area contributed by atoms with Crippen molar-refractivity contribution in [2.45, 2.75) is 96.3 Å². The molecule has 12 aliphatic carbocycles. The van der Waals surface area contributed by atoms with Crippen LogP contribution in [0.2, 0.25) is 0 Å². The summed E-state index contributed by atoms with van der Waals surface area (Å²) in [7, 11) is -37.1. The van der Waals surface area contributed by atoms with Gasteiger partial charge in [-0.05, 0) is 185 Å². The Morgan fingerprint density at radius 3 is 0.667 bits per heavy atom. The normalized spacial score (nSPS) is 39.1. The van der Waals surface area contributed by atoms with E-state index in [0.29, 0.717) is 35.5 Å². The lowest BCUT2D eigenvalue weighted by Crippen LogP contribution is -2.47. The quantitative estimate of drug-likeness (QED) is 0.0517. The highest BCUT2D eigenvalue weighted by Crippen LogP contribution is 2.62. The third-order valence-corrected chi connectivity index (χ3v) is 30.0. The molecule has 0 aromatic carbocycles. The predicted molar refractivity (Wildman–Crippen MR) is 275 cm³/mol. The van der Waals surface area contributed by atoms with Crippen LogP contribution in [0, 0.1) is 88.8 Å². The zero-order valence-corrected chi connectivity index (χ0v) is 50.4. The summed E-state index contributed by atoms with van der Waals surface area (Å²) >= 11 is 0. The molecule has 0 amide bonds. The molecular formula is C42H78O24P6S3. The Hall–Kier alpha value is 0.750. The van der Waals surface area contributed by atoms with Gasteiger partial charge in [-0.1, -0.05) is 0 Å². The van der Waals surface area contributed by atoms with Gasteiger partial charge in [0, 0.05) is 20.0 Å². The number of phosphoric ester groups is 3. The Morgan fingerprint density at radius 1 is 0.333 bits per heavy atom. The minimum Gasteiger partial charge on any atom is -0.324 e. The summed E-state index contributed by atoms with van der Waals surface area (Å²) in [5, 5.41) is 0. The summed E-state index contributed by atoms with van der Waals surface area (Å²) in [5.41, 5.74) is 0. The second-order valence-electron chi connectivity index (χ2n) is 23.7. The van der Waals surface area contributed by atoms with Crippen molar-refractivity contribution in [1.82, 2.24) is 0 Å². The molecule has 12 fully saturated rings. The summed E-state index contributed by atoms with van der Waals surface area (Å²) < 4.78 is 168. The van der Waals surface area contributed by atoms with E-state index < -0.39 is 113 Å². The Kier molecular flexibility index (Phi) is 20.4. The molecule has 0 radical (unpaired) electrons. The summed E-state index contributed by atoms with van der Waals surface area (Å²) in [4.78, 5) is 54.8. The third-order valence-electron chi connectivity index (χ3n) is 17.3. The Balaban J connectivity index is 0.000000164. The van der Waals surface area contributed by atoms with Crippen LogP contribution in [0.1, 0.15) is 96.3 Å². The number of sulfone groups is 3. The number of phosphoric acid groups is 3. The van der Waals surface area contributed by atoms with Crippen molar-refractivity contribution in [1.29, 1.82) is 0 Å². The van der Waals surface area contributed by atoms with E-state index in [4.69, 9.17) is 14.7 Å². The van der Waals surface area contributed by atoms with Crippen molar-refractivity contribution >= 4 is 75.8 Å². The van der Waals surface area contributed by atoms with Gasteiger partial charge in [0.05, 0.1) is 54.3 Å². The number of hydrogen-bond donors (Lipinski definition) is 6. The van der Waals surface area contributed by atoms with Gasteiger partial charge in [-0.3, -0.25) is 27.3 Å². The van der Waals surface area contributed by atoms with Crippen molar-refractivity contribution < 1.29 is 109 Å². The molecule has 0 spiro atoms. The lowest BCUT2D eigenvalue weighted by Gasteiger charge is -2.54. The van der Waals surface area contributed by atoms with Crippen LogP contribution in [0.5, 0.6) is 0 Å². The van der Waals surface area contributed by atoms with Crippen LogP contribution < -0.4 is 0 Å². The first-order valence-electron chi connectivity index (χ1n) is 25.9. The van der Waals surface area contributed by atoms with E-state index in [-0.39, 0.29) is 35.0 Å². The minimum absolute atomic E-state index is 0.0913. The first-order valence-corrected chi connectivity index (χ1v) is 41.9. The van der Waals surface area contributed by atoms with Gasteiger partial charge in [0.25, 0.3) is 0 Å². The van der Waals surface area contributed by atoms with E-state index in [1.807, 2.05) is 0 Å². The molecule has 12 aliphatic rings. The first-order chi connectivity index (χ1) is 34.3. The Labute approximate surface area is 441 Å². The second kappa shape index (κ2) is 24.2. The topological polar surface area (TPSA) is 382 Å². The van der Waals surface area contributed by atoms with E-state index in [9.17, 15) is 67.3 Å². The average molecular weight is 1250 g/mol. The van der Waals surface area contributed by atoms with Crippen LogP contribution in [-0.2, 0) is 83.4 Å². The summed E-state index contributed by atoms with van der Waals surface area (Å²) in [6.07, 6.45) is 17.5. The van der Waals surface area contributed by atoms with E-state index in [1.165, 1.54) is 19.3 Å². The zero-order chi connectivity index (χ0) is 55.4. The second-order valence-corrected chi connectivity index (χ2v) is 40.7. The van der Waals surface area contributed by atoms with Crippen LogP contribution in [0.15, 0.2) is 0 Å². The highest BCUT2D eigenvalue weighted by Gasteiger charge is 2.52. The van der Waals surface area contributed by atoms with Gasteiger partial charge in [0.2, 0.25) is 0 Å². The van der Waals surface area contributed by atoms with Crippen molar-refractivity contribution in [2.24, 2.45) is 88.8 Å². The van der Waals surface area contributed by atoms with Crippen molar-refractivity contribution in [3.05, 3.63) is 0 Å². The van der Waals surface area contributed by atoms with Crippen LogP contribution in [-0.4, -0.2) is 129 Å². The maximum absolute atomic E-state index is 12.4. The summed E-state index contributed by atoms with van der Waals surface area (Å²) in [6.45, 7) is 0.642. The molecule has 24 nitrogen and oxygen atoms in total. The molecule has 75 heavy (non-hydrogen) atoms. The van der Waals surface area contributed by atoms with Gasteiger partial charge in [0.15, 0.2) is 29.5 Å². The molecule has 0 saturated heterocycles. The van der Waals surface area contributed by atoms with E-state index in [2.05, 4.69) is 26.5 Å². The zero-order valence-electron chi connectivity index (χ0n) is 42.6. The predicted octanol–water partition coefficient (Wildman–Crippen LogP) is 7.27. The molecule has 438 valence electrons. The third kappa shape index (κ3) is 19.7. The van der Waals surface area contributed by atoms with Gasteiger partial charge in [-0.25, -0.2) is 51.9 Å². The van der Waals surface area contributed by atoms with Gasteiger partial charge >= 0.3 is 46.3 Å². The van der Waals surface area contributed by atoms with Crippen LogP contribution in [0.3, 0.4) is 0 Å². The minimum atomic E-state index is -4.74. The lowest BCUT2D eigenvalue weighted by atomic mass is 9.52. The largest absolute Gasteiger partial charge is 0.479 e. The Morgan fingerprint density at radius 2 is 0.507 bits per heavy atom. The number of rotatable bonds is 24. The monoisotopic (exact) mass is 1250 g/mol. The molecule has 12 rings (SSSR count). The molecule has 0 aliphatic heterocycles. The Bertz CT molecular complexity index is 2300. The average Bonchev–Trinajstić information content (AvgIpc) is 3.18. The molecule has 12 bridgehead atoms. The van der Waals surface area contributed by atoms with Crippen LogP contribution in [0.4, 0.5) is 0 Å². The molecule has 12 saturated carbocycles. The van der Waals surface area contributed by atoms with E-state index in [0.717, 1.165) is 133 Å². The fourth-order valence-electron chi connectivity index (χ4n) is 15.5. The lowest BCUT2D eigenvalue weighted by molar-refractivity contribution is -0.0268. The van der Waals surface area contributed by atoms with Crippen molar-refractivity contribution in [3.63, 3.8) is 0 Å². The maximum Gasteiger partial charge on any atom is 0.479 e. The van der Waals surface area contributed by atoms with E-state index >= 15 is 0 Å². The van der Waals surface area contributed by atoms with Gasteiger partial charge in [0.1, 0.15) is 0 Å². The first kappa shape index (κ1) is 63.3. The van der Waals surface area contributed by atoms with Gasteiger partial charge in [-0.2, -0.15) is 0 Å². The molecule has 0 heterocycles. The molecular weight excluding hydrogens is 1170 g/mol. The van der Waals surface area contributed by atoms with Crippen LogP contribution in [0.25, 0.3) is 0 Å². The van der Waals surface area contributed by atoms with E-state index in [1.54, 1.807) is 0 Å². The standard InChI is InChI=1S/3C14H26O8P2S/c3*1-23(15,16)22-24(17,18)21-2-3-25(19,20)9-14-12-5-10-4-11(7-12)8-13(14)6-10/h3*10-14H,2-9H2,1H3,(H,15,16)(H,17,18). The molecule has 0 aromatic heterocycles. The molecule has 6 N–H and O–H groups in total. The van der Waals surface area contributed by atoms with Gasteiger partial charge < -0.3 is 29.4 Å². The number of hydrogen-bond acceptors (Lipinski definition) is 18. The smallest absolute Gasteiger partial charge is 0.324 e. The highest BCUT2D eigenvalue weighted by atomic mass is 32.2. The fraction of sp³-hybridized carbons (Fsp3) is 1.00. The molecule has 6 unspecified atom stereocenters. The van der Waals surface area contributed by atoms with Crippen molar-refractivity contribution in [3.8, 4) is 0 Å². The SMILES string of the molecule is CP(=O)(O)OP(=O)(O)OCCS(=O)(=O)CC1C2CC3CC(C2)CC1C3.CP(=O)(O)OP(=O)(O)OCCS(=O)(=O)CC1C2CC3CC(C2)CC1C3.CP(=O)(O)OP(=O)(O)OCCS(=O)(=O)CC1C2CC3CC(C2)CC1C3. The molecule has 6 atom stereocenters. The van der Waals surface area contributed by atoms with Crippen LogP contribution >= 0.6 is 46.3 Å².